The van der Waals surface area contributed by atoms with Gasteiger partial charge in [-0.25, -0.2) is 4.79 Å². The number of hydrogen-bond donors (Lipinski definition) is 2. The molecule has 0 bridgehead atoms. The number of carbonyl (C=O) groups excluding carboxylic acids is 1. The molecule has 0 atom stereocenters. The lowest BCUT2D eigenvalue weighted by Gasteiger charge is -2.19. The minimum Gasteiger partial charge on any atom is -0.444 e. The molecule has 16 heavy (non-hydrogen) atoms. The second-order valence-electron chi connectivity index (χ2n) is 4.53. The van der Waals surface area contributed by atoms with E-state index >= 15 is 0 Å². The number of hydrogen-bond acceptors (Lipinski definition) is 4. The normalized spacial score (nSPS) is 10.4. The molecule has 0 aliphatic carbocycles. The topological polar surface area (TPSA) is 74.2 Å². The van der Waals surface area contributed by atoms with Gasteiger partial charge in [-0.05, 0) is 40.0 Å². The Morgan fingerprint density at radius 2 is 1.88 bits per heavy atom. The molecular formula is C11H21N3O2. The van der Waals surface area contributed by atoms with Gasteiger partial charge >= 0.3 is 6.09 Å². The fourth-order valence-corrected chi connectivity index (χ4v) is 1.08. The minimum absolute atomic E-state index is 0.373. The van der Waals surface area contributed by atoms with Crippen LogP contribution in [0.1, 0.15) is 40.0 Å². The standard InChI is InChI=1S/C11H21N3O2/c1-11(2,3)16-10(15)14-8-6-4-5-7-13-9-12/h13H,4-8H2,1-3H3,(H,14,15). The van der Waals surface area contributed by atoms with Gasteiger partial charge in [0.05, 0.1) is 0 Å². The van der Waals surface area contributed by atoms with E-state index in [1.807, 2.05) is 27.0 Å². The van der Waals surface area contributed by atoms with Crippen LogP contribution in [-0.4, -0.2) is 24.8 Å². The van der Waals surface area contributed by atoms with Crippen molar-refractivity contribution in [2.45, 2.75) is 45.6 Å². The molecule has 0 heterocycles. The zero-order valence-electron chi connectivity index (χ0n) is 10.3. The monoisotopic (exact) mass is 227 g/mol. The molecular weight excluding hydrogens is 206 g/mol. The van der Waals surface area contributed by atoms with Gasteiger partial charge in [-0.3, -0.25) is 0 Å². The van der Waals surface area contributed by atoms with Crippen LogP contribution in [0.2, 0.25) is 0 Å². The summed E-state index contributed by atoms with van der Waals surface area (Å²) < 4.78 is 5.08. The number of amides is 1. The number of rotatable bonds is 6. The summed E-state index contributed by atoms with van der Waals surface area (Å²) in [5, 5.41) is 13.5. The Morgan fingerprint density at radius 3 is 2.44 bits per heavy atom. The number of ether oxygens (including phenoxy) is 1. The van der Waals surface area contributed by atoms with Crippen molar-refractivity contribution in [3.05, 3.63) is 0 Å². The largest absolute Gasteiger partial charge is 0.444 e. The molecule has 0 saturated carbocycles. The van der Waals surface area contributed by atoms with E-state index in [4.69, 9.17) is 10.00 Å². The average Bonchev–Trinajstić information content (AvgIpc) is 2.13. The lowest BCUT2D eigenvalue weighted by molar-refractivity contribution is 0.0527. The number of carbonyl (C=O) groups is 1. The maximum Gasteiger partial charge on any atom is 0.407 e. The summed E-state index contributed by atoms with van der Waals surface area (Å²) in [7, 11) is 0. The molecule has 0 aromatic rings. The van der Waals surface area contributed by atoms with Crippen molar-refractivity contribution >= 4 is 6.09 Å². The molecule has 0 fully saturated rings. The van der Waals surface area contributed by atoms with Gasteiger partial charge in [-0.1, -0.05) is 0 Å². The molecule has 1 amide bonds. The van der Waals surface area contributed by atoms with Crippen molar-refractivity contribution in [2.24, 2.45) is 0 Å². The van der Waals surface area contributed by atoms with E-state index in [2.05, 4.69) is 10.6 Å². The fraction of sp³-hybridized carbons (Fsp3) is 0.818. The Bertz CT molecular complexity index is 241. The van der Waals surface area contributed by atoms with E-state index in [0.717, 1.165) is 19.3 Å². The molecule has 2 N–H and O–H groups in total. The molecule has 0 aromatic heterocycles. The Kier molecular flexibility index (Phi) is 7.10. The first kappa shape index (κ1) is 14.6. The third kappa shape index (κ3) is 10.6. The molecule has 5 heteroatoms. The van der Waals surface area contributed by atoms with Crippen LogP contribution in [0, 0.1) is 11.5 Å². The molecule has 0 unspecified atom stereocenters. The molecule has 0 rings (SSSR count). The highest BCUT2D eigenvalue weighted by Crippen LogP contribution is 2.06. The van der Waals surface area contributed by atoms with Crippen molar-refractivity contribution < 1.29 is 9.53 Å². The van der Waals surface area contributed by atoms with E-state index in [-0.39, 0.29) is 6.09 Å². The maximum atomic E-state index is 11.2. The second kappa shape index (κ2) is 7.80. The zero-order chi connectivity index (χ0) is 12.4. The van der Waals surface area contributed by atoms with Crippen LogP contribution >= 0.6 is 0 Å². The number of alkyl carbamates (subject to hydrolysis) is 1. The van der Waals surface area contributed by atoms with E-state index in [1.54, 1.807) is 0 Å². The Balaban J connectivity index is 3.32. The van der Waals surface area contributed by atoms with Crippen LogP contribution in [0.25, 0.3) is 0 Å². The molecule has 0 saturated heterocycles. The number of nitrogens with zero attached hydrogens (tertiary/aromatic N) is 1. The van der Waals surface area contributed by atoms with Gasteiger partial charge in [0.25, 0.3) is 0 Å². The molecule has 5 nitrogen and oxygen atoms in total. The van der Waals surface area contributed by atoms with Crippen molar-refractivity contribution in [1.29, 1.82) is 5.26 Å². The van der Waals surface area contributed by atoms with Crippen LogP contribution in [0.5, 0.6) is 0 Å². The Labute approximate surface area is 97.2 Å². The SMILES string of the molecule is CC(C)(C)OC(=O)NCCCCCNC#N. The van der Waals surface area contributed by atoms with Gasteiger partial charge < -0.3 is 15.4 Å². The van der Waals surface area contributed by atoms with Crippen molar-refractivity contribution in [1.82, 2.24) is 10.6 Å². The summed E-state index contributed by atoms with van der Waals surface area (Å²) in [5.41, 5.74) is -0.444. The highest BCUT2D eigenvalue weighted by Gasteiger charge is 2.15. The van der Waals surface area contributed by atoms with Crippen LogP contribution < -0.4 is 10.6 Å². The summed E-state index contributed by atoms with van der Waals surface area (Å²) in [6.45, 7) is 6.81. The number of nitrogens with one attached hydrogen (secondary N) is 2. The first-order chi connectivity index (χ1) is 7.45. The quantitative estimate of drug-likeness (QED) is 0.412. The average molecular weight is 227 g/mol. The van der Waals surface area contributed by atoms with Crippen LogP contribution in [0.15, 0.2) is 0 Å². The summed E-state index contributed by atoms with van der Waals surface area (Å²) in [6, 6.07) is 0. The van der Waals surface area contributed by atoms with E-state index < -0.39 is 5.60 Å². The van der Waals surface area contributed by atoms with Crippen LogP contribution in [-0.2, 0) is 4.74 Å². The van der Waals surface area contributed by atoms with Crippen molar-refractivity contribution in [2.75, 3.05) is 13.1 Å². The molecule has 0 aromatic carbocycles. The zero-order valence-corrected chi connectivity index (χ0v) is 10.3. The maximum absolute atomic E-state index is 11.2. The van der Waals surface area contributed by atoms with E-state index in [9.17, 15) is 4.79 Å². The predicted molar refractivity (Wildman–Crippen MR) is 61.7 cm³/mol. The third-order valence-corrected chi connectivity index (χ3v) is 1.73. The van der Waals surface area contributed by atoms with E-state index in [0.29, 0.717) is 13.1 Å². The lowest BCUT2D eigenvalue weighted by atomic mass is 10.2. The van der Waals surface area contributed by atoms with Crippen LogP contribution in [0.3, 0.4) is 0 Å². The number of unbranched alkanes of at least 4 members (excludes halogenated alkanes) is 2. The molecule has 0 aliphatic heterocycles. The molecule has 92 valence electrons. The van der Waals surface area contributed by atoms with Crippen molar-refractivity contribution in [3.63, 3.8) is 0 Å². The first-order valence-electron chi connectivity index (χ1n) is 5.54. The summed E-state index contributed by atoms with van der Waals surface area (Å²) in [5.74, 6) is 0. The highest BCUT2D eigenvalue weighted by atomic mass is 16.6. The highest BCUT2D eigenvalue weighted by molar-refractivity contribution is 5.67. The second-order valence-corrected chi connectivity index (χ2v) is 4.53. The van der Waals surface area contributed by atoms with Gasteiger partial charge in [0.15, 0.2) is 6.19 Å². The van der Waals surface area contributed by atoms with E-state index in [1.165, 1.54) is 0 Å². The van der Waals surface area contributed by atoms with Gasteiger partial charge in [-0.15, -0.1) is 0 Å². The molecule has 0 spiro atoms. The first-order valence-corrected chi connectivity index (χ1v) is 5.54. The smallest absolute Gasteiger partial charge is 0.407 e. The molecule has 0 radical (unpaired) electrons. The van der Waals surface area contributed by atoms with Gasteiger partial charge in [0.2, 0.25) is 0 Å². The van der Waals surface area contributed by atoms with Crippen LogP contribution in [0.4, 0.5) is 4.79 Å². The summed E-state index contributed by atoms with van der Waals surface area (Å²) in [4.78, 5) is 11.2. The third-order valence-electron chi connectivity index (χ3n) is 1.73. The van der Waals surface area contributed by atoms with Crippen molar-refractivity contribution in [3.8, 4) is 6.19 Å². The summed E-state index contributed by atoms with van der Waals surface area (Å²) >= 11 is 0. The fourth-order valence-electron chi connectivity index (χ4n) is 1.08. The Morgan fingerprint density at radius 1 is 1.25 bits per heavy atom. The molecule has 0 aliphatic rings. The van der Waals surface area contributed by atoms with Gasteiger partial charge in [-0.2, -0.15) is 5.26 Å². The number of nitriles is 1. The lowest BCUT2D eigenvalue weighted by Crippen LogP contribution is -2.33. The summed E-state index contributed by atoms with van der Waals surface area (Å²) in [6.07, 6.45) is 4.30. The predicted octanol–water partition coefficient (Wildman–Crippen LogP) is 1.75. The van der Waals surface area contributed by atoms with Gasteiger partial charge in [0, 0.05) is 13.1 Å². The van der Waals surface area contributed by atoms with Gasteiger partial charge in [0.1, 0.15) is 5.60 Å². The minimum atomic E-state index is -0.444. The Hall–Kier alpha value is -1.44.